The Balaban J connectivity index is 2.82. The maximum absolute atomic E-state index is 13.8. The molecule has 0 saturated heterocycles. The minimum Gasteiger partial charge on any atom is -0.478 e. The third-order valence-corrected chi connectivity index (χ3v) is 8.17. The molecule has 5 heteroatoms. The van der Waals surface area contributed by atoms with E-state index in [1.807, 2.05) is 0 Å². The highest BCUT2D eigenvalue weighted by molar-refractivity contribution is 6.74. The summed E-state index contributed by atoms with van der Waals surface area (Å²) in [7, 11) is -1.93. The molecular weight excluding hydrogens is 263 g/mol. The lowest BCUT2D eigenvalue weighted by Crippen LogP contribution is -2.40. The first-order valence-electron chi connectivity index (χ1n) is 6.20. The number of carboxylic acids is 1. The smallest absolute Gasteiger partial charge is 0.335 e. The van der Waals surface area contributed by atoms with Gasteiger partial charge in [-0.15, -0.1) is 0 Å². The molecule has 0 bridgehead atoms. The topological polar surface area (TPSA) is 46.5 Å². The molecule has 106 valence electrons. The van der Waals surface area contributed by atoms with E-state index in [9.17, 15) is 9.18 Å². The number of benzene rings is 1. The molecule has 1 aromatic rings. The highest BCUT2D eigenvalue weighted by Crippen LogP contribution is 2.37. The quantitative estimate of drug-likeness (QED) is 0.849. The van der Waals surface area contributed by atoms with Crippen LogP contribution in [0.1, 0.15) is 36.7 Å². The first-order valence-corrected chi connectivity index (χ1v) is 9.11. The average molecular weight is 284 g/mol. The van der Waals surface area contributed by atoms with Crippen molar-refractivity contribution >= 4 is 14.3 Å². The second kappa shape index (κ2) is 5.42. The molecule has 0 amide bonds. The van der Waals surface area contributed by atoms with Gasteiger partial charge in [0.05, 0.1) is 12.2 Å². The van der Waals surface area contributed by atoms with Crippen LogP contribution in [0.4, 0.5) is 4.39 Å². The van der Waals surface area contributed by atoms with Crippen molar-refractivity contribution < 1.29 is 18.7 Å². The maximum Gasteiger partial charge on any atom is 0.335 e. The molecule has 1 aromatic carbocycles. The van der Waals surface area contributed by atoms with Crippen molar-refractivity contribution in [3.8, 4) is 0 Å². The number of rotatable bonds is 4. The average Bonchev–Trinajstić information content (AvgIpc) is 2.25. The van der Waals surface area contributed by atoms with Crippen molar-refractivity contribution in [2.45, 2.75) is 45.5 Å². The fourth-order valence-electron chi connectivity index (χ4n) is 1.27. The lowest BCUT2D eigenvalue weighted by Gasteiger charge is -2.36. The lowest BCUT2D eigenvalue weighted by molar-refractivity contribution is 0.0696. The lowest BCUT2D eigenvalue weighted by atomic mass is 10.1. The zero-order chi connectivity index (χ0) is 14.8. The van der Waals surface area contributed by atoms with E-state index in [4.69, 9.17) is 9.53 Å². The normalized spacial score (nSPS) is 12.5. The Kier molecular flexibility index (Phi) is 4.53. The summed E-state index contributed by atoms with van der Waals surface area (Å²) in [5, 5.41) is 8.83. The van der Waals surface area contributed by atoms with E-state index >= 15 is 0 Å². The fraction of sp³-hybridized carbons (Fsp3) is 0.500. The van der Waals surface area contributed by atoms with Crippen LogP contribution >= 0.6 is 0 Å². The van der Waals surface area contributed by atoms with Crippen molar-refractivity contribution in [1.82, 2.24) is 0 Å². The molecule has 0 aromatic heterocycles. The standard InChI is InChI=1S/C14H21FO3Si/c1-14(2,3)19(4,5)18-9-11-7-6-10(13(16)17)8-12(11)15/h6-8H,9H2,1-5H3,(H,16,17). The third-order valence-electron chi connectivity index (χ3n) is 3.69. The largest absolute Gasteiger partial charge is 0.478 e. The Morgan fingerprint density at radius 2 is 1.95 bits per heavy atom. The number of hydrogen-bond donors (Lipinski definition) is 1. The van der Waals surface area contributed by atoms with E-state index < -0.39 is 20.1 Å². The Hall–Kier alpha value is -1.20. The number of hydrogen-bond acceptors (Lipinski definition) is 2. The molecule has 0 heterocycles. The molecule has 1 rings (SSSR count). The molecular formula is C14H21FO3Si. The molecule has 0 aliphatic carbocycles. The second-order valence-corrected chi connectivity index (χ2v) is 11.0. The van der Waals surface area contributed by atoms with Gasteiger partial charge in [-0.25, -0.2) is 9.18 Å². The zero-order valence-electron chi connectivity index (χ0n) is 12.1. The van der Waals surface area contributed by atoms with Crippen molar-refractivity contribution in [3.05, 3.63) is 35.1 Å². The molecule has 0 atom stereocenters. The van der Waals surface area contributed by atoms with Crippen LogP contribution in [0.2, 0.25) is 18.1 Å². The minimum atomic E-state index is -1.93. The van der Waals surface area contributed by atoms with Gasteiger partial charge in [-0.1, -0.05) is 26.8 Å². The summed E-state index contributed by atoms with van der Waals surface area (Å²) >= 11 is 0. The molecule has 0 spiro atoms. The number of carbonyl (C=O) groups is 1. The number of aromatic carboxylic acids is 1. The maximum atomic E-state index is 13.8. The van der Waals surface area contributed by atoms with Gasteiger partial charge in [0, 0.05) is 5.56 Å². The summed E-state index contributed by atoms with van der Waals surface area (Å²) in [6.45, 7) is 10.7. The van der Waals surface area contributed by atoms with Crippen LogP contribution < -0.4 is 0 Å². The van der Waals surface area contributed by atoms with E-state index in [0.29, 0.717) is 5.56 Å². The van der Waals surface area contributed by atoms with Gasteiger partial charge in [-0.05, 0) is 30.3 Å². The molecule has 0 saturated carbocycles. The van der Waals surface area contributed by atoms with Crippen LogP contribution in [0.3, 0.4) is 0 Å². The molecule has 0 aliphatic heterocycles. The van der Waals surface area contributed by atoms with Crippen molar-refractivity contribution in [2.75, 3.05) is 0 Å². The Bertz CT molecular complexity index is 478. The van der Waals surface area contributed by atoms with Crippen LogP contribution in [0.15, 0.2) is 18.2 Å². The van der Waals surface area contributed by atoms with Gasteiger partial charge in [-0.3, -0.25) is 0 Å². The third kappa shape index (κ3) is 3.88. The van der Waals surface area contributed by atoms with E-state index in [2.05, 4.69) is 33.9 Å². The highest BCUT2D eigenvalue weighted by atomic mass is 28.4. The van der Waals surface area contributed by atoms with Gasteiger partial charge in [-0.2, -0.15) is 0 Å². The van der Waals surface area contributed by atoms with Crippen molar-refractivity contribution in [1.29, 1.82) is 0 Å². The monoisotopic (exact) mass is 284 g/mol. The van der Waals surface area contributed by atoms with Crippen molar-refractivity contribution in [3.63, 3.8) is 0 Å². The summed E-state index contributed by atoms with van der Waals surface area (Å²) in [6, 6.07) is 3.91. The highest BCUT2D eigenvalue weighted by Gasteiger charge is 2.37. The molecule has 0 aliphatic rings. The predicted octanol–water partition coefficient (Wildman–Crippen LogP) is 4.05. The van der Waals surface area contributed by atoms with E-state index in [1.165, 1.54) is 12.1 Å². The fourth-order valence-corrected chi connectivity index (χ4v) is 2.22. The predicted molar refractivity (Wildman–Crippen MR) is 75.3 cm³/mol. The van der Waals surface area contributed by atoms with Crippen LogP contribution in [0, 0.1) is 5.82 Å². The SMILES string of the molecule is CC(C)(C)[Si](C)(C)OCc1ccc(C(=O)O)cc1F. The van der Waals surface area contributed by atoms with Gasteiger partial charge in [0.25, 0.3) is 0 Å². The summed E-state index contributed by atoms with van der Waals surface area (Å²) in [5.41, 5.74) is 0.350. The number of carboxylic acid groups (broad SMARTS) is 1. The van der Waals surface area contributed by atoms with Gasteiger partial charge >= 0.3 is 5.97 Å². The van der Waals surface area contributed by atoms with Gasteiger partial charge in [0.15, 0.2) is 8.32 Å². The van der Waals surface area contributed by atoms with Crippen LogP contribution in [-0.4, -0.2) is 19.4 Å². The van der Waals surface area contributed by atoms with Gasteiger partial charge < -0.3 is 9.53 Å². The van der Waals surface area contributed by atoms with Crippen molar-refractivity contribution in [2.24, 2.45) is 0 Å². The van der Waals surface area contributed by atoms with Crippen LogP contribution in [0.5, 0.6) is 0 Å². The van der Waals surface area contributed by atoms with Gasteiger partial charge in [0.2, 0.25) is 0 Å². The zero-order valence-corrected chi connectivity index (χ0v) is 13.1. The summed E-state index contributed by atoms with van der Waals surface area (Å²) in [5.74, 6) is -1.66. The molecule has 0 unspecified atom stereocenters. The summed E-state index contributed by atoms with van der Waals surface area (Å²) < 4.78 is 19.7. The molecule has 1 N–H and O–H groups in total. The second-order valence-electron chi connectivity index (χ2n) is 6.16. The summed E-state index contributed by atoms with van der Waals surface area (Å²) in [4.78, 5) is 10.7. The Labute approximate surface area is 114 Å². The Morgan fingerprint density at radius 3 is 2.37 bits per heavy atom. The molecule has 0 radical (unpaired) electrons. The van der Waals surface area contributed by atoms with E-state index in [0.717, 1.165) is 6.07 Å². The molecule has 0 fully saturated rings. The minimum absolute atomic E-state index is 0.0476. The van der Waals surface area contributed by atoms with E-state index in [1.54, 1.807) is 0 Å². The number of halogens is 1. The van der Waals surface area contributed by atoms with Gasteiger partial charge in [0.1, 0.15) is 5.82 Å². The molecule has 3 nitrogen and oxygen atoms in total. The van der Waals surface area contributed by atoms with E-state index in [-0.39, 0.29) is 17.2 Å². The first-order chi connectivity index (χ1) is 8.54. The van der Waals surface area contributed by atoms with Crippen LogP contribution in [0.25, 0.3) is 0 Å². The van der Waals surface area contributed by atoms with Crippen LogP contribution in [-0.2, 0) is 11.0 Å². The molecule has 19 heavy (non-hydrogen) atoms. The first kappa shape index (κ1) is 15.9. The Morgan fingerprint density at radius 1 is 1.37 bits per heavy atom. The summed E-state index contributed by atoms with van der Waals surface area (Å²) in [6.07, 6.45) is 0.